The second-order valence-corrected chi connectivity index (χ2v) is 19.8. The Morgan fingerprint density at radius 3 is 1.95 bits per heavy atom. The molecule has 2 aromatic heterocycles. The summed E-state index contributed by atoms with van der Waals surface area (Å²) >= 11 is 0. The molecule has 1 aliphatic heterocycles. The lowest BCUT2D eigenvalue weighted by atomic mass is 10.0. The summed E-state index contributed by atoms with van der Waals surface area (Å²) in [6.45, 7) is 0.494. The van der Waals surface area contributed by atoms with E-state index >= 15 is 0 Å². The fourth-order valence-corrected chi connectivity index (χ4v) is 10.0. The number of carboxylic acid groups (broad SMARTS) is 1. The van der Waals surface area contributed by atoms with E-state index in [0.717, 1.165) is 39.4 Å². The Morgan fingerprint density at radius 1 is 0.707 bits per heavy atom. The van der Waals surface area contributed by atoms with E-state index in [0.29, 0.717) is 16.8 Å². The number of amides is 9. The number of aromatic amines is 2. The number of H-pyrrole nitrogens is 2. The summed E-state index contributed by atoms with van der Waals surface area (Å²) in [7, 11) is 1.98. The molecule has 0 aliphatic carbocycles. The van der Waals surface area contributed by atoms with Gasteiger partial charge in [-0.1, -0.05) is 70.1 Å². The van der Waals surface area contributed by atoms with Crippen molar-refractivity contribution in [1.82, 2.24) is 57.5 Å². The molecule has 402 valence electrons. The predicted octanol–water partition coefficient (Wildman–Crippen LogP) is -2.75. The van der Waals surface area contributed by atoms with Crippen molar-refractivity contribution >= 4 is 97.6 Å². The van der Waals surface area contributed by atoms with Gasteiger partial charge in [0.2, 0.25) is 53.2 Å². The molecule has 1 aliphatic rings. The molecule has 4 aromatic rings. The van der Waals surface area contributed by atoms with Gasteiger partial charge in [-0.05, 0) is 36.5 Å². The smallest absolute Gasteiger partial charge is 0.303 e. The van der Waals surface area contributed by atoms with Crippen LogP contribution in [0.4, 0.5) is 0 Å². The van der Waals surface area contributed by atoms with E-state index in [1.54, 1.807) is 48.7 Å². The third kappa shape index (κ3) is 19.0. The summed E-state index contributed by atoms with van der Waals surface area (Å²) in [6, 6.07) is 5.80. The van der Waals surface area contributed by atoms with Crippen molar-refractivity contribution in [3.8, 4) is 0 Å². The van der Waals surface area contributed by atoms with Gasteiger partial charge in [0.05, 0.1) is 12.9 Å². The average Bonchev–Trinajstić information content (AvgIpc) is 4.05. The molecule has 1 saturated heterocycles. The molecule has 0 saturated carbocycles. The van der Waals surface area contributed by atoms with E-state index in [1.807, 2.05) is 12.1 Å². The Morgan fingerprint density at radius 2 is 1.31 bits per heavy atom. The fourth-order valence-electron chi connectivity index (χ4n) is 7.68. The van der Waals surface area contributed by atoms with Crippen molar-refractivity contribution in [3.05, 3.63) is 90.1 Å². The zero-order valence-electron chi connectivity index (χ0n) is 40.7. The van der Waals surface area contributed by atoms with Gasteiger partial charge in [0.15, 0.2) is 5.96 Å². The molecular weight excluding hydrogens is 1010 g/mol. The van der Waals surface area contributed by atoms with Crippen LogP contribution in [0.15, 0.2) is 78.3 Å². The first kappa shape index (κ1) is 57.8. The van der Waals surface area contributed by atoms with Gasteiger partial charge in [-0.3, -0.25) is 52.9 Å². The third-order valence-corrected chi connectivity index (χ3v) is 13.9. The molecule has 7 atom stereocenters. The third-order valence-electron chi connectivity index (χ3n) is 11.5. The van der Waals surface area contributed by atoms with Crippen LogP contribution in [-0.2, 0) is 67.2 Å². The number of carbonyl (C=O) groups excluding carboxylic acids is 9. The Labute approximate surface area is 437 Å². The van der Waals surface area contributed by atoms with Crippen LogP contribution >= 0.6 is 21.6 Å². The summed E-state index contributed by atoms with van der Waals surface area (Å²) in [5, 5.41) is 31.0. The van der Waals surface area contributed by atoms with Gasteiger partial charge in [-0.25, -0.2) is 4.98 Å². The fraction of sp³-hybridized carbons (Fsp3) is 0.404. The number of nitrogens with two attached hydrogens (primary N) is 3. The first-order valence-corrected chi connectivity index (χ1v) is 26.1. The number of aliphatic imine (C=N–C) groups is 1. The number of para-hydroxylation sites is 1. The van der Waals surface area contributed by atoms with Crippen LogP contribution in [-0.4, -0.2) is 152 Å². The number of imidazole rings is 1. The first-order chi connectivity index (χ1) is 35.9. The molecule has 5 rings (SSSR count). The minimum Gasteiger partial charge on any atom is -0.481 e. The van der Waals surface area contributed by atoms with Crippen molar-refractivity contribution in [2.75, 3.05) is 24.6 Å². The van der Waals surface area contributed by atoms with Crippen LogP contribution < -0.4 is 59.7 Å². The van der Waals surface area contributed by atoms with Gasteiger partial charge >= 0.3 is 5.97 Å². The number of aliphatic carboxylic acids is 1. The van der Waals surface area contributed by atoms with Gasteiger partial charge in [0.25, 0.3) is 0 Å². The quantitative estimate of drug-likeness (QED) is 0.0248. The molecule has 0 radical (unpaired) electrons. The Kier molecular flexibility index (Phi) is 22.3. The highest BCUT2D eigenvalue weighted by atomic mass is 33.1. The number of carboxylic acids is 1. The number of benzene rings is 2. The Balaban J connectivity index is 1.56. The molecular formula is C47H61N15O11S2. The maximum Gasteiger partial charge on any atom is 0.303 e. The second-order valence-electron chi connectivity index (χ2n) is 17.3. The van der Waals surface area contributed by atoms with Crippen molar-refractivity contribution in [1.29, 1.82) is 0 Å². The number of aromatic nitrogens is 3. The number of nitrogens with one attached hydrogen (secondary N) is 10. The molecule has 0 unspecified atom stereocenters. The number of carbonyl (C=O) groups is 10. The zero-order valence-corrected chi connectivity index (χ0v) is 42.4. The van der Waals surface area contributed by atoms with Crippen molar-refractivity contribution in [3.63, 3.8) is 0 Å². The zero-order chi connectivity index (χ0) is 54.4. The highest BCUT2D eigenvalue weighted by Crippen LogP contribution is 2.24. The molecule has 2 aromatic carbocycles. The van der Waals surface area contributed by atoms with Gasteiger partial charge in [-0.15, -0.1) is 0 Å². The Bertz CT molecular complexity index is 2690. The predicted molar refractivity (Wildman–Crippen MR) is 278 cm³/mol. The average molecular weight is 1080 g/mol. The summed E-state index contributed by atoms with van der Waals surface area (Å²) in [6.07, 6.45) is 2.83. The molecule has 26 nitrogen and oxygen atoms in total. The molecule has 75 heavy (non-hydrogen) atoms. The number of primary amides is 1. The van der Waals surface area contributed by atoms with Gasteiger partial charge < -0.3 is 74.8 Å². The number of nitrogens with zero attached hydrogens (tertiary/aromatic N) is 2. The molecule has 17 N–H and O–H groups in total. The lowest BCUT2D eigenvalue weighted by Gasteiger charge is -2.28. The minimum absolute atomic E-state index is 0.0286. The van der Waals surface area contributed by atoms with Crippen LogP contribution in [0.1, 0.15) is 49.4 Å². The molecule has 28 heteroatoms. The highest BCUT2D eigenvalue weighted by Gasteiger charge is 2.35. The van der Waals surface area contributed by atoms with E-state index in [-0.39, 0.29) is 56.1 Å². The topological polar surface area (TPSA) is 422 Å². The Hall–Kier alpha value is -8.14. The number of guanidine groups is 1. The summed E-state index contributed by atoms with van der Waals surface area (Å²) in [4.78, 5) is 150. The van der Waals surface area contributed by atoms with E-state index in [4.69, 9.17) is 17.2 Å². The lowest BCUT2D eigenvalue weighted by Crippen LogP contribution is -2.60. The van der Waals surface area contributed by atoms with E-state index < -0.39 is 121 Å². The summed E-state index contributed by atoms with van der Waals surface area (Å²) < 4.78 is 0. The second kappa shape index (κ2) is 28.9. The molecule has 1 fully saturated rings. The lowest BCUT2D eigenvalue weighted by molar-refractivity contribution is -0.138. The van der Waals surface area contributed by atoms with E-state index in [9.17, 15) is 53.1 Å². The van der Waals surface area contributed by atoms with E-state index in [2.05, 4.69) is 62.5 Å². The largest absolute Gasteiger partial charge is 0.481 e. The van der Waals surface area contributed by atoms with Crippen LogP contribution in [0.3, 0.4) is 0 Å². The molecule has 0 bridgehead atoms. The summed E-state index contributed by atoms with van der Waals surface area (Å²) in [5.41, 5.74) is 19.0. The van der Waals surface area contributed by atoms with Crippen molar-refractivity contribution in [2.45, 2.75) is 94.2 Å². The SMILES string of the molecule is CC(=O)N[C@H]1CSSC[C@@H](C(N)=O)NC(=O)CNC(=O)[C@H](Cc2c[nH]c3ccccc23)NC(=O)[C@H](CCCN=C(N)N)NC(=O)[C@@H](Cc2ccccc2)NC(=O)[C@H](Cc2cnc[nH]2)NC(=O)[C@H](CCC(=O)O)NC1=O. The monoisotopic (exact) mass is 1080 g/mol. The van der Waals surface area contributed by atoms with Crippen LogP contribution in [0.5, 0.6) is 0 Å². The van der Waals surface area contributed by atoms with Crippen LogP contribution in [0, 0.1) is 0 Å². The minimum atomic E-state index is -1.59. The first-order valence-electron chi connectivity index (χ1n) is 23.6. The highest BCUT2D eigenvalue weighted by molar-refractivity contribution is 8.76. The summed E-state index contributed by atoms with van der Waals surface area (Å²) in [5.74, 6) is -9.62. The van der Waals surface area contributed by atoms with E-state index in [1.165, 1.54) is 12.5 Å². The number of rotatable bonds is 15. The van der Waals surface area contributed by atoms with Crippen molar-refractivity contribution in [2.24, 2.45) is 22.2 Å². The van der Waals surface area contributed by atoms with Gasteiger partial charge in [0.1, 0.15) is 42.3 Å². The normalized spacial score (nSPS) is 22.2. The van der Waals surface area contributed by atoms with Gasteiger partial charge in [0, 0.05) is 79.6 Å². The number of hydrogen-bond acceptors (Lipinski definition) is 14. The molecule has 3 heterocycles. The van der Waals surface area contributed by atoms with Crippen LogP contribution in [0.25, 0.3) is 10.9 Å². The van der Waals surface area contributed by atoms with Gasteiger partial charge in [-0.2, -0.15) is 0 Å². The maximum atomic E-state index is 14.6. The molecule has 0 spiro atoms. The van der Waals surface area contributed by atoms with Crippen molar-refractivity contribution < 1.29 is 53.1 Å². The number of hydrogen-bond donors (Lipinski definition) is 14. The number of fused-ring (bicyclic) bond motifs is 1. The standard InChI is InChI=1S/C47H61N15O11S2/c1-25(63)56-37-23-75-74-22-36(40(48)67)57-38(64)21-54-41(68)34(17-27-19-53-30-11-6-5-10-29(27)30)61-42(69)31(12-7-15-52-47(49)50)58-44(71)33(16-26-8-3-2-4-9-26)60-45(72)35(18-28-20-51-24-55-28)62-43(70)32(59-46(37)73)13-14-39(65)66/h2-6,8-11,19-20,24,31-37,53H,7,12-18,21-23H2,1H3,(H2,48,67)(H,51,55)(H,54,68)(H,56,63)(H,57,64)(H,58,71)(H,59,73)(H,60,72)(H,61,69)(H,62,70)(H,65,66)(H4,49,50,52)/t31-,32-,33+,34-,35-,36-,37-/m0/s1. The molecule has 9 amide bonds. The van der Waals surface area contributed by atoms with Crippen LogP contribution in [0.2, 0.25) is 0 Å². The maximum absolute atomic E-state index is 14.6.